The predicted octanol–water partition coefficient (Wildman–Crippen LogP) is 8.41. The van der Waals surface area contributed by atoms with Gasteiger partial charge in [-0.05, 0) is 131 Å². The second kappa shape index (κ2) is 22.9. The highest BCUT2D eigenvalue weighted by atomic mass is 32.1. The molecular weight excluding hydrogens is 1010 g/mol. The number of aromatic hydroxyl groups is 1. The molecular formula is C59H73N11O7S. The number of pyridine rings is 1. The smallest absolute Gasteiger partial charge is 0.254 e. The van der Waals surface area contributed by atoms with Crippen molar-refractivity contribution in [2.75, 3.05) is 54.9 Å². The number of piperazine rings is 1. The van der Waals surface area contributed by atoms with E-state index in [2.05, 4.69) is 64.4 Å². The molecule has 2 amide bonds. The molecule has 78 heavy (non-hydrogen) atoms. The maximum Gasteiger partial charge on any atom is 0.254 e. The number of hydrogen-bond donors (Lipinski definition) is 4. The van der Waals surface area contributed by atoms with E-state index in [9.17, 15) is 19.8 Å². The molecule has 412 valence electrons. The van der Waals surface area contributed by atoms with E-state index in [0.717, 1.165) is 104 Å². The molecule has 6 aromatic rings. The van der Waals surface area contributed by atoms with Crippen molar-refractivity contribution < 1.29 is 33.8 Å². The lowest BCUT2D eigenvalue weighted by molar-refractivity contribution is -0.141. The number of nitrogens with zero attached hydrogens (tertiary/aromatic N) is 9. The van der Waals surface area contributed by atoms with Crippen LogP contribution < -0.4 is 30.3 Å². The van der Waals surface area contributed by atoms with Crippen LogP contribution in [0.25, 0.3) is 21.7 Å². The van der Waals surface area contributed by atoms with Gasteiger partial charge >= 0.3 is 0 Å². The second-order valence-corrected chi connectivity index (χ2v) is 23.7. The number of thiazole rings is 1. The third-order valence-electron chi connectivity index (χ3n) is 17.1. The number of carbonyl (C=O) groups excluding carboxylic acids is 2. The van der Waals surface area contributed by atoms with Crippen molar-refractivity contribution in [2.24, 2.45) is 17.8 Å². The third kappa shape index (κ3) is 11.4. The number of likely N-dealkylation sites (tertiary alicyclic amines) is 2. The van der Waals surface area contributed by atoms with Gasteiger partial charge in [-0.3, -0.25) is 9.59 Å². The Balaban J connectivity index is 0.610. The van der Waals surface area contributed by atoms with Crippen LogP contribution >= 0.6 is 11.3 Å². The Morgan fingerprint density at radius 3 is 2.42 bits per heavy atom. The number of amides is 2. The first kappa shape index (κ1) is 53.2. The van der Waals surface area contributed by atoms with Crippen LogP contribution in [0.2, 0.25) is 0 Å². The van der Waals surface area contributed by atoms with E-state index in [4.69, 9.17) is 19.7 Å². The minimum absolute atomic E-state index is 0.0623. The number of aliphatic hydroxyl groups excluding tert-OH is 1. The molecule has 0 radical (unpaired) electrons. The fourth-order valence-corrected chi connectivity index (χ4v) is 13.6. The van der Waals surface area contributed by atoms with Gasteiger partial charge in [0, 0.05) is 80.3 Å². The number of piperidine rings is 1. The number of phenols is 1. The lowest BCUT2D eigenvalue weighted by Crippen LogP contribution is -2.54. The van der Waals surface area contributed by atoms with E-state index >= 15 is 0 Å². The van der Waals surface area contributed by atoms with E-state index in [1.165, 1.54) is 4.90 Å². The average Bonchev–Trinajstić information content (AvgIpc) is 4.34. The first-order valence-corrected chi connectivity index (χ1v) is 28.8. The Kier molecular flexibility index (Phi) is 15.6. The molecule has 2 bridgehead atoms. The zero-order valence-corrected chi connectivity index (χ0v) is 46.1. The molecule has 18 nitrogen and oxygen atoms in total. The van der Waals surface area contributed by atoms with Gasteiger partial charge in [-0.25, -0.2) is 9.97 Å². The van der Waals surface area contributed by atoms with Crippen LogP contribution in [0.3, 0.4) is 0 Å². The molecule has 8 heterocycles. The number of nitrogens with two attached hydrogens (primary N) is 1. The van der Waals surface area contributed by atoms with Crippen molar-refractivity contribution in [1.82, 2.24) is 40.4 Å². The van der Waals surface area contributed by atoms with Crippen LogP contribution in [0.1, 0.15) is 108 Å². The van der Waals surface area contributed by atoms with Gasteiger partial charge in [0.2, 0.25) is 17.7 Å². The Morgan fingerprint density at radius 2 is 1.69 bits per heavy atom. The van der Waals surface area contributed by atoms with Crippen LogP contribution in [0.4, 0.5) is 17.2 Å². The third-order valence-corrected chi connectivity index (χ3v) is 18.1. The topological polar surface area (TPSA) is 222 Å². The Hall–Kier alpha value is -6.83. The van der Waals surface area contributed by atoms with Crippen molar-refractivity contribution in [1.29, 1.82) is 0 Å². The fourth-order valence-electron chi connectivity index (χ4n) is 12.8. The van der Waals surface area contributed by atoms with Gasteiger partial charge in [0.1, 0.15) is 23.8 Å². The monoisotopic (exact) mass is 1080 g/mol. The van der Waals surface area contributed by atoms with Gasteiger partial charge in [-0.2, -0.15) is 0 Å². The van der Waals surface area contributed by atoms with Gasteiger partial charge in [-0.15, -0.1) is 21.5 Å². The molecule has 19 heteroatoms. The highest BCUT2D eigenvalue weighted by molar-refractivity contribution is 7.13. The minimum Gasteiger partial charge on any atom is -0.507 e. The van der Waals surface area contributed by atoms with E-state index in [1.807, 2.05) is 81.9 Å². The summed E-state index contributed by atoms with van der Waals surface area (Å²) < 4.78 is 18.4. The van der Waals surface area contributed by atoms with Crippen LogP contribution in [0, 0.1) is 24.7 Å². The zero-order valence-electron chi connectivity index (χ0n) is 45.3. The summed E-state index contributed by atoms with van der Waals surface area (Å²) in [5.74, 6) is 1.62. The summed E-state index contributed by atoms with van der Waals surface area (Å²) in [5.41, 5.74) is 14.5. The van der Waals surface area contributed by atoms with Gasteiger partial charge < -0.3 is 54.9 Å². The number of nitrogens with one attached hydrogen (secondary N) is 1. The number of carbonyl (C=O) groups is 2. The molecule has 11 rings (SSSR count). The van der Waals surface area contributed by atoms with Gasteiger partial charge in [0.15, 0.2) is 11.6 Å². The van der Waals surface area contributed by atoms with Gasteiger partial charge in [-0.1, -0.05) is 50.2 Å². The molecule has 1 saturated carbocycles. The normalized spacial score (nSPS) is 25.0. The zero-order chi connectivity index (χ0) is 54.2. The highest BCUT2D eigenvalue weighted by Crippen LogP contribution is 2.41. The lowest BCUT2D eigenvalue weighted by atomic mass is 9.80. The second-order valence-electron chi connectivity index (χ2n) is 22.8. The molecule has 4 aliphatic heterocycles. The maximum absolute atomic E-state index is 14.3. The molecule has 0 spiro atoms. The largest absolute Gasteiger partial charge is 0.507 e. The summed E-state index contributed by atoms with van der Waals surface area (Å²) >= 11 is 1.60. The number of aryl methyl sites for hydroxylation is 1. The van der Waals surface area contributed by atoms with Gasteiger partial charge in [0.05, 0.1) is 46.2 Å². The molecule has 5 fully saturated rings. The number of fused-ring (bicyclic) bond motifs is 2. The molecule has 4 saturated heterocycles. The first-order chi connectivity index (χ1) is 37.7. The molecule has 1 aliphatic carbocycles. The number of anilines is 3. The molecule has 8 atom stereocenters. The van der Waals surface area contributed by atoms with Crippen molar-refractivity contribution >= 4 is 40.3 Å². The summed E-state index contributed by atoms with van der Waals surface area (Å²) in [6.45, 7) is 14.4. The number of rotatable bonds is 18. The van der Waals surface area contributed by atoms with Crippen molar-refractivity contribution in [2.45, 2.75) is 134 Å². The molecule has 4 aromatic heterocycles. The van der Waals surface area contributed by atoms with E-state index in [1.54, 1.807) is 29.5 Å². The summed E-state index contributed by atoms with van der Waals surface area (Å²) in [6.07, 6.45) is 8.65. The quantitative estimate of drug-likeness (QED) is 0.0634. The molecule has 2 aromatic carbocycles. The number of phenolic OH excluding ortho intramolecular Hbond substituents is 1. The van der Waals surface area contributed by atoms with Crippen LogP contribution in [0.5, 0.6) is 17.5 Å². The first-order valence-electron chi connectivity index (χ1n) is 27.9. The standard InChI is InChI=1S/C59H73N11O7S/c1-34(2)55(59(74)69-32-45(71)26-50(69)58(73)63-36(4)40-10-12-41(13-11-40)56-37(5)62-33-78-56)52-28-54(66-77-52)75-21-18-38-17-20-67(35(3)22-38)29-39-23-46(24-39)76-53-25-42(16-19-61-53)70-43-14-15-44(70)31-68(30-43)49-27-48(64-65-57(49)60)47-8-6-7-9-51(47)72/h6-13,16,19,25,27-28,33-36,38-39,43-46,50,55,71-72H,14-15,17-18,20-24,26,29-32H2,1-5H3,(H2,60,65)(H,63,73)/t35-,36-,38+,39?,43+,44?,45+,46?,50-,55-/m0/s1. The fraction of sp³-hybridized carbons (Fsp3) is 0.508. The van der Waals surface area contributed by atoms with E-state index in [-0.39, 0.29) is 48.6 Å². The Bertz CT molecular complexity index is 3040. The van der Waals surface area contributed by atoms with E-state index < -0.39 is 18.1 Å². The number of aliphatic hydroxyl groups is 1. The summed E-state index contributed by atoms with van der Waals surface area (Å²) in [6, 6.07) is 23.0. The molecule has 1 unspecified atom stereocenters. The number of β-amino-alcohol motifs (C(OH)–C–C–N with tert-alkyl or cyclic N) is 1. The number of para-hydroxylation sites is 1. The minimum atomic E-state index is -0.821. The van der Waals surface area contributed by atoms with Crippen molar-refractivity contribution in [3.05, 3.63) is 102 Å². The average molecular weight is 1080 g/mol. The molecule has 5 aliphatic rings. The van der Waals surface area contributed by atoms with Crippen molar-refractivity contribution in [3.63, 3.8) is 0 Å². The number of hydrogen-bond acceptors (Lipinski definition) is 17. The Labute approximate surface area is 460 Å². The van der Waals surface area contributed by atoms with E-state index in [0.29, 0.717) is 71.2 Å². The van der Waals surface area contributed by atoms with Gasteiger partial charge in [0.25, 0.3) is 5.88 Å². The summed E-state index contributed by atoms with van der Waals surface area (Å²) in [5, 5.41) is 37.1. The SMILES string of the molecule is Cc1ncsc1-c1ccc([C@H](C)NC(=O)[C@@H]2C[C@@H](O)CN2C(=O)[C@H](c2cc(OCC[C@H]3CCN(CC4CC(Oc5cc(N6C7CC[C@@H]6CN(c6cc(-c8ccccc8O)nnc6N)C7)ccn5)C4)[C@@H](C)C3)no2)C(C)C)cc1. The molecule has 5 N–H and O–H groups in total. The van der Waals surface area contributed by atoms with Crippen LogP contribution in [0.15, 0.2) is 89.0 Å². The van der Waals surface area contributed by atoms with Crippen LogP contribution in [-0.4, -0.2) is 133 Å². The number of aromatic nitrogens is 5. The van der Waals surface area contributed by atoms with Crippen molar-refractivity contribution in [3.8, 4) is 39.2 Å². The van der Waals surface area contributed by atoms with Crippen LogP contribution in [-0.2, 0) is 9.59 Å². The number of ether oxygens (including phenoxy) is 2. The summed E-state index contributed by atoms with van der Waals surface area (Å²) in [4.78, 5) is 47.2. The maximum atomic E-state index is 14.3. The lowest BCUT2D eigenvalue weighted by Gasteiger charge is -2.44. The summed E-state index contributed by atoms with van der Waals surface area (Å²) in [7, 11) is 0. The highest BCUT2D eigenvalue weighted by Gasteiger charge is 2.45. The number of nitrogen functional groups attached to an aromatic ring is 1. The Morgan fingerprint density at radius 1 is 0.910 bits per heavy atom. The number of benzene rings is 2. The predicted molar refractivity (Wildman–Crippen MR) is 299 cm³/mol.